The Morgan fingerprint density at radius 2 is 1.64 bits per heavy atom. The summed E-state index contributed by atoms with van der Waals surface area (Å²) in [5.74, 6) is -4.59. The number of allylic oxidation sites excluding steroid dienone is 2. The molecule has 39 heavy (non-hydrogen) atoms. The highest BCUT2D eigenvalue weighted by Gasteiger charge is 2.34. The molecule has 2 aliphatic rings. The molecule has 0 radical (unpaired) electrons. The Bertz CT molecular complexity index is 1080. The standard InChI is InChI=1S/C24H36N4O8S3/c1-6-16-21(30)28-20(14(4)5)24(33)36-15-9-7-8-10-38(34)39(35)37-12-17(22(31)25-16)26-23(32)19(13(2)3)27-18(29)11-15/h6-7,9,13-15,17,19-20H,8,10-12H2,1-5H3,(H,25,31)(H,26,32)(H,27,29)(H,28,30)/b9-7+,16-6?/t15-,17-,19-,20+,38?,39?/m1/s1. The first-order valence-corrected chi connectivity index (χ1v) is 17.0. The zero-order chi connectivity index (χ0) is 29.3. The zero-order valence-electron chi connectivity index (χ0n) is 22.5. The van der Waals surface area contributed by atoms with Crippen molar-refractivity contribution in [1.29, 1.82) is 0 Å². The molecule has 0 aromatic heterocycles. The van der Waals surface area contributed by atoms with Crippen molar-refractivity contribution in [2.24, 2.45) is 11.8 Å². The summed E-state index contributed by atoms with van der Waals surface area (Å²) >= 11 is 0. The van der Waals surface area contributed by atoms with Crippen molar-refractivity contribution >= 4 is 59.1 Å². The lowest BCUT2D eigenvalue weighted by molar-refractivity contribution is -0.153. The molecular formula is C24H36N4O8S3. The van der Waals surface area contributed by atoms with Crippen LogP contribution in [0.3, 0.4) is 0 Å². The van der Waals surface area contributed by atoms with Gasteiger partial charge < -0.3 is 26.0 Å². The summed E-state index contributed by atoms with van der Waals surface area (Å²) in [5, 5.41) is 10.2. The zero-order valence-corrected chi connectivity index (χ0v) is 25.0. The lowest BCUT2D eigenvalue weighted by Crippen LogP contribution is -2.57. The van der Waals surface area contributed by atoms with Crippen LogP contribution in [0.5, 0.6) is 0 Å². The number of rotatable bonds is 2. The number of nitrogens with one attached hydrogen (secondary N) is 4. The molecule has 2 unspecified atom stereocenters. The molecule has 0 aromatic rings. The SMILES string of the molecule is CC=C1NC(=O)[C@H]2CSS(=O)S(=O)CC/C=C/[C@H](CC(=O)N[C@H](C(C)C)C(=O)N2)OC(=O)[C@H](C(C)C)NC1=O. The van der Waals surface area contributed by atoms with E-state index < -0.39 is 78.4 Å². The quantitative estimate of drug-likeness (QED) is 0.147. The summed E-state index contributed by atoms with van der Waals surface area (Å²) in [6.07, 6.45) is 3.21. The highest BCUT2D eigenvalue weighted by molar-refractivity contribution is 8.97. The number of esters is 1. The smallest absolute Gasteiger partial charge is 0.329 e. The van der Waals surface area contributed by atoms with E-state index in [2.05, 4.69) is 21.3 Å². The van der Waals surface area contributed by atoms with Gasteiger partial charge in [0.25, 0.3) is 5.91 Å². The summed E-state index contributed by atoms with van der Waals surface area (Å²) in [7, 11) is -2.95. The van der Waals surface area contributed by atoms with E-state index in [1.165, 1.54) is 19.1 Å². The van der Waals surface area contributed by atoms with Crippen LogP contribution in [-0.2, 0) is 47.4 Å². The van der Waals surface area contributed by atoms with Gasteiger partial charge in [-0.3, -0.25) is 19.2 Å². The maximum absolute atomic E-state index is 13.2. The van der Waals surface area contributed by atoms with Gasteiger partial charge in [-0.05, 0) is 42.1 Å². The van der Waals surface area contributed by atoms with Gasteiger partial charge in [0.1, 0.15) is 39.8 Å². The van der Waals surface area contributed by atoms with E-state index in [0.29, 0.717) is 0 Å². The lowest BCUT2D eigenvalue weighted by atomic mass is 10.0. The first kappa shape index (κ1) is 32.7. The van der Waals surface area contributed by atoms with Gasteiger partial charge >= 0.3 is 5.97 Å². The molecule has 0 saturated carbocycles. The number of hydrogen-bond donors (Lipinski definition) is 4. The van der Waals surface area contributed by atoms with Crippen molar-refractivity contribution in [2.45, 2.75) is 71.7 Å². The summed E-state index contributed by atoms with van der Waals surface area (Å²) in [6, 6.07) is -3.44. The van der Waals surface area contributed by atoms with E-state index in [4.69, 9.17) is 4.74 Å². The van der Waals surface area contributed by atoms with Gasteiger partial charge in [0.05, 0.1) is 6.42 Å². The van der Waals surface area contributed by atoms with Gasteiger partial charge in [0.15, 0.2) is 8.86 Å². The first-order chi connectivity index (χ1) is 18.3. The maximum Gasteiger partial charge on any atom is 0.329 e. The van der Waals surface area contributed by atoms with Crippen LogP contribution in [0.4, 0.5) is 0 Å². The summed E-state index contributed by atoms with van der Waals surface area (Å²) in [4.78, 5) is 65.5. The fraction of sp³-hybridized carbons (Fsp3) is 0.625. The van der Waals surface area contributed by atoms with E-state index in [0.717, 1.165) is 10.8 Å². The molecule has 4 N–H and O–H groups in total. The minimum absolute atomic E-state index is 0.0228. The normalized spacial score (nSPS) is 32.4. The molecule has 12 nitrogen and oxygen atoms in total. The Labute approximate surface area is 236 Å². The second-order valence-corrected chi connectivity index (χ2v) is 15.9. The molecule has 2 bridgehead atoms. The number of amides is 4. The lowest BCUT2D eigenvalue weighted by Gasteiger charge is -2.28. The highest BCUT2D eigenvalue weighted by Crippen LogP contribution is 2.17. The predicted molar refractivity (Wildman–Crippen MR) is 149 cm³/mol. The van der Waals surface area contributed by atoms with E-state index in [-0.39, 0.29) is 36.0 Å². The molecule has 2 heterocycles. The second kappa shape index (κ2) is 15.3. The van der Waals surface area contributed by atoms with Crippen LogP contribution >= 0.6 is 10.8 Å². The average Bonchev–Trinajstić information content (AvgIpc) is 2.86. The minimum atomic E-state index is -1.90. The van der Waals surface area contributed by atoms with Crippen molar-refractivity contribution in [1.82, 2.24) is 21.3 Å². The van der Waals surface area contributed by atoms with Gasteiger partial charge in [0.2, 0.25) is 17.7 Å². The third-order valence-electron chi connectivity index (χ3n) is 5.84. The van der Waals surface area contributed by atoms with E-state index in [1.54, 1.807) is 33.8 Å². The third kappa shape index (κ3) is 9.87. The van der Waals surface area contributed by atoms with Crippen LogP contribution in [0.15, 0.2) is 23.9 Å². The van der Waals surface area contributed by atoms with Crippen LogP contribution in [0.1, 0.15) is 47.5 Å². The molecule has 0 aromatic carbocycles. The number of ether oxygens (including phenoxy) is 1. The van der Waals surface area contributed by atoms with E-state index in [1.807, 2.05) is 0 Å². The number of carbonyl (C=O) groups excluding carboxylic acids is 5. The second-order valence-electron chi connectivity index (χ2n) is 9.63. The van der Waals surface area contributed by atoms with Crippen molar-refractivity contribution in [2.75, 3.05) is 11.5 Å². The molecule has 6 atom stereocenters. The minimum Gasteiger partial charge on any atom is -0.456 e. The van der Waals surface area contributed by atoms with Gasteiger partial charge in [-0.1, -0.05) is 39.8 Å². The van der Waals surface area contributed by atoms with Crippen LogP contribution in [0, 0.1) is 11.8 Å². The van der Waals surface area contributed by atoms with Crippen molar-refractivity contribution in [3.05, 3.63) is 23.9 Å². The van der Waals surface area contributed by atoms with Crippen LogP contribution in [-0.4, -0.2) is 73.8 Å². The summed E-state index contributed by atoms with van der Waals surface area (Å²) in [6.45, 7) is 8.32. The van der Waals surface area contributed by atoms with Crippen LogP contribution in [0.2, 0.25) is 0 Å². The van der Waals surface area contributed by atoms with Crippen molar-refractivity contribution in [3.8, 4) is 0 Å². The average molecular weight is 605 g/mol. The van der Waals surface area contributed by atoms with Crippen LogP contribution < -0.4 is 21.3 Å². The molecular weight excluding hydrogens is 568 g/mol. The van der Waals surface area contributed by atoms with E-state index >= 15 is 0 Å². The Balaban J connectivity index is 2.64. The predicted octanol–water partition coefficient (Wildman–Crippen LogP) is 0.109. The molecule has 218 valence electrons. The van der Waals surface area contributed by atoms with Crippen molar-refractivity contribution < 1.29 is 37.1 Å². The van der Waals surface area contributed by atoms with Crippen molar-refractivity contribution in [3.63, 3.8) is 0 Å². The molecule has 4 amide bonds. The Morgan fingerprint density at radius 1 is 0.974 bits per heavy atom. The van der Waals surface area contributed by atoms with Gasteiger partial charge in [0, 0.05) is 11.5 Å². The third-order valence-corrected chi connectivity index (χ3v) is 12.0. The Hall–Kier alpha value is -2.52. The Kier molecular flexibility index (Phi) is 12.8. The fourth-order valence-corrected chi connectivity index (χ4v) is 8.51. The topological polar surface area (TPSA) is 177 Å². The van der Waals surface area contributed by atoms with Gasteiger partial charge in [-0.2, -0.15) is 0 Å². The molecule has 15 heteroatoms. The Morgan fingerprint density at radius 3 is 2.26 bits per heavy atom. The molecule has 0 spiro atoms. The summed E-state index contributed by atoms with van der Waals surface area (Å²) in [5.41, 5.74) is -0.175. The first-order valence-electron chi connectivity index (χ1n) is 12.5. The molecule has 2 aliphatic heterocycles. The number of fused-ring (bicyclic) bond motifs is 7. The summed E-state index contributed by atoms with van der Waals surface area (Å²) < 4.78 is 30.7. The molecule has 2 rings (SSSR count). The highest BCUT2D eigenvalue weighted by atomic mass is 33.5. The van der Waals surface area contributed by atoms with Crippen LogP contribution in [0.25, 0.3) is 0 Å². The molecule has 0 aliphatic carbocycles. The number of carbonyl (C=O) groups is 5. The maximum atomic E-state index is 13.2. The molecule has 1 saturated heterocycles. The monoisotopic (exact) mass is 604 g/mol. The van der Waals surface area contributed by atoms with Gasteiger partial charge in [-0.15, -0.1) is 0 Å². The van der Waals surface area contributed by atoms with E-state index in [9.17, 15) is 32.4 Å². The number of hydrogen-bond acceptors (Lipinski definition) is 9. The largest absolute Gasteiger partial charge is 0.456 e. The van der Waals surface area contributed by atoms with Gasteiger partial charge in [-0.25, -0.2) is 13.2 Å². The molecule has 1 fully saturated rings. The fourth-order valence-electron chi connectivity index (χ4n) is 3.62.